The first-order valence-corrected chi connectivity index (χ1v) is 7.15. The Kier molecular flexibility index (Phi) is 3.38. The highest BCUT2D eigenvalue weighted by molar-refractivity contribution is 7.03. The zero-order valence-corrected chi connectivity index (χ0v) is 10.9. The van der Waals surface area contributed by atoms with Gasteiger partial charge in [0.25, 0.3) is 0 Å². The maximum atomic E-state index is 9.99. The van der Waals surface area contributed by atoms with Gasteiger partial charge in [-0.25, -0.2) is 0 Å². The molecule has 6 heteroatoms. The maximum absolute atomic E-state index is 9.99. The van der Waals surface area contributed by atoms with E-state index in [0.29, 0.717) is 18.2 Å². The molecule has 1 N–H and O–H groups in total. The lowest BCUT2D eigenvalue weighted by Crippen LogP contribution is -2.07. The van der Waals surface area contributed by atoms with Gasteiger partial charge in [0.1, 0.15) is 11.8 Å². The van der Waals surface area contributed by atoms with Crippen molar-refractivity contribution in [3.8, 4) is 0 Å². The van der Waals surface area contributed by atoms with Gasteiger partial charge in [-0.1, -0.05) is 17.3 Å². The molecule has 5 nitrogen and oxygen atoms in total. The van der Waals surface area contributed by atoms with Crippen molar-refractivity contribution in [3.63, 3.8) is 0 Å². The van der Waals surface area contributed by atoms with E-state index >= 15 is 0 Å². The third-order valence-corrected chi connectivity index (χ3v) is 4.01. The van der Waals surface area contributed by atoms with Crippen molar-refractivity contribution in [1.82, 2.24) is 19.4 Å². The molecule has 1 fully saturated rings. The first kappa shape index (κ1) is 11.8. The van der Waals surface area contributed by atoms with E-state index in [1.807, 2.05) is 16.9 Å². The third-order valence-electron chi connectivity index (χ3n) is 3.48. The van der Waals surface area contributed by atoms with Gasteiger partial charge < -0.3 is 5.11 Å². The fourth-order valence-corrected chi connectivity index (χ4v) is 2.98. The first-order chi connectivity index (χ1) is 8.83. The predicted molar refractivity (Wildman–Crippen MR) is 68.3 cm³/mol. The molecule has 0 saturated heterocycles. The number of nitrogens with zero attached hydrogens (tertiary/aromatic N) is 4. The Morgan fingerprint density at radius 1 is 1.44 bits per heavy atom. The van der Waals surface area contributed by atoms with Crippen LogP contribution in [0, 0.1) is 0 Å². The summed E-state index contributed by atoms with van der Waals surface area (Å²) in [5, 5.41) is 20.2. The van der Waals surface area contributed by atoms with E-state index in [2.05, 4.69) is 14.7 Å². The quantitative estimate of drug-likeness (QED) is 0.918. The zero-order chi connectivity index (χ0) is 12.4. The van der Waals surface area contributed by atoms with Crippen LogP contribution in [0.15, 0.2) is 17.6 Å². The van der Waals surface area contributed by atoms with E-state index in [9.17, 15) is 5.11 Å². The normalized spacial score (nSPS) is 18.3. The molecule has 18 heavy (non-hydrogen) atoms. The van der Waals surface area contributed by atoms with E-state index in [1.165, 1.54) is 37.2 Å². The van der Waals surface area contributed by atoms with Crippen LogP contribution in [-0.2, 0) is 6.42 Å². The fourth-order valence-electron chi connectivity index (χ4n) is 2.48. The Balaban J connectivity index is 1.66. The molecule has 2 aromatic heterocycles. The molecule has 3 rings (SSSR count). The SMILES string of the molecule is OC(Cc1ccn(C2CCCC2)n1)c1csnn1. The molecule has 1 atom stereocenters. The molecular formula is C12H16N4OS. The highest BCUT2D eigenvalue weighted by atomic mass is 32.1. The van der Waals surface area contributed by atoms with Crippen molar-refractivity contribution in [2.45, 2.75) is 44.2 Å². The van der Waals surface area contributed by atoms with Gasteiger partial charge in [-0.3, -0.25) is 4.68 Å². The minimum atomic E-state index is -0.601. The number of aliphatic hydroxyl groups excluding tert-OH is 1. The van der Waals surface area contributed by atoms with E-state index in [4.69, 9.17) is 0 Å². The van der Waals surface area contributed by atoms with Gasteiger partial charge in [0, 0.05) is 18.0 Å². The van der Waals surface area contributed by atoms with Crippen molar-refractivity contribution in [3.05, 3.63) is 29.0 Å². The molecular weight excluding hydrogens is 248 g/mol. The molecule has 0 bridgehead atoms. The summed E-state index contributed by atoms with van der Waals surface area (Å²) >= 11 is 1.26. The second-order valence-corrected chi connectivity index (χ2v) is 5.38. The number of aliphatic hydroxyl groups is 1. The Hall–Kier alpha value is -1.27. The van der Waals surface area contributed by atoms with Gasteiger partial charge in [-0.05, 0) is 30.4 Å². The summed E-state index contributed by atoms with van der Waals surface area (Å²) in [5.41, 5.74) is 1.55. The lowest BCUT2D eigenvalue weighted by atomic mass is 10.1. The minimum Gasteiger partial charge on any atom is -0.386 e. The van der Waals surface area contributed by atoms with Gasteiger partial charge >= 0.3 is 0 Å². The Morgan fingerprint density at radius 3 is 3.00 bits per heavy atom. The zero-order valence-electron chi connectivity index (χ0n) is 10.1. The molecule has 1 unspecified atom stereocenters. The van der Waals surface area contributed by atoms with Crippen molar-refractivity contribution in [1.29, 1.82) is 0 Å². The van der Waals surface area contributed by atoms with E-state index < -0.39 is 6.10 Å². The standard InChI is InChI=1S/C12H16N4OS/c17-12(11-8-18-15-13-11)7-9-5-6-16(14-9)10-3-1-2-4-10/h5-6,8,10,12,17H,1-4,7H2. The average Bonchev–Trinajstić information content (AvgIpc) is 3.12. The van der Waals surface area contributed by atoms with Crippen LogP contribution in [0.4, 0.5) is 0 Å². The molecule has 2 aromatic rings. The van der Waals surface area contributed by atoms with Crippen LogP contribution in [-0.4, -0.2) is 24.5 Å². The summed E-state index contributed by atoms with van der Waals surface area (Å²) in [5.74, 6) is 0. The molecule has 2 heterocycles. The van der Waals surface area contributed by atoms with E-state index in [-0.39, 0.29) is 0 Å². The van der Waals surface area contributed by atoms with Gasteiger partial charge in [-0.15, -0.1) is 5.10 Å². The molecule has 0 radical (unpaired) electrons. The second kappa shape index (κ2) is 5.16. The van der Waals surface area contributed by atoms with Crippen LogP contribution in [0.5, 0.6) is 0 Å². The van der Waals surface area contributed by atoms with Crippen molar-refractivity contribution >= 4 is 11.5 Å². The molecule has 1 saturated carbocycles. The molecule has 96 valence electrons. The highest BCUT2D eigenvalue weighted by Gasteiger charge is 2.19. The predicted octanol–water partition coefficient (Wildman–Crippen LogP) is 2.13. The third kappa shape index (κ3) is 2.44. The van der Waals surface area contributed by atoms with Crippen molar-refractivity contribution in [2.75, 3.05) is 0 Å². The maximum Gasteiger partial charge on any atom is 0.104 e. The molecule has 0 aliphatic heterocycles. The summed E-state index contributed by atoms with van der Waals surface area (Å²) in [6.45, 7) is 0. The summed E-state index contributed by atoms with van der Waals surface area (Å²) in [7, 11) is 0. The minimum absolute atomic E-state index is 0.505. The number of hydrogen-bond acceptors (Lipinski definition) is 5. The van der Waals surface area contributed by atoms with Gasteiger partial charge in [0.2, 0.25) is 0 Å². The molecule has 0 spiro atoms. The number of aromatic nitrogens is 4. The monoisotopic (exact) mass is 264 g/mol. The fraction of sp³-hybridized carbons (Fsp3) is 0.583. The van der Waals surface area contributed by atoms with Crippen LogP contribution < -0.4 is 0 Å². The lowest BCUT2D eigenvalue weighted by molar-refractivity contribution is 0.172. The smallest absolute Gasteiger partial charge is 0.104 e. The number of hydrogen-bond donors (Lipinski definition) is 1. The van der Waals surface area contributed by atoms with Crippen molar-refractivity contribution in [2.24, 2.45) is 0 Å². The van der Waals surface area contributed by atoms with Crippen LogP contribution in [0.2, 0.25) is 0 Å². The Bertz CT molecular complexity index is 490. The lowest BCUT2D eigenvalue weighted by Gasteiger charge is -2.09. The molecule has 0 aromatic carbocycles. The van der Waals surface area contributed by atoms with Gasteiger partial charge in [0.15, 0.2) is 0 Å². The molecule has 0 amide bonds. The Labute approximate surface area is 110 Å². The summed E-state index contributed by atoms with van der Waals surface area (Å²) in [6.07, 6.45) is 6.97. The van der Waals surface area contributed by atoms with Crippen LogP contribution in [0.3, 0.4) is 0 Å². The van der Waals surface area contributed by atoms with Gasteiger partial charge in [0.05, 0.1) is 11.7 Å². The molecule has 1 aliphatic carbocycles. The summed E-state index contributed by atoms with van der Waals surface area (Å²) < 4.78 is 5.81. The van der Waals surface area contributed by atoms with Crippen LogP contribution in [0.1, 0.15) is 49.2 Å². The van der Waals surface area contributed by atoms with Crippen LogP contribution in [0.25, 0.3) is 0 Å². The Morgan fingerprint density at radius 2 is 2.28 bits per heavy atom. The van der Waals surface area contributed by atoms with Gasteiger partial charge in [-0.2, -0.15) is 5.10 Å². The second-order valence-electron chi connectivity index (χ2n) is 4.78. The number of rotatable bonds is 4. The largest absolute Gasteiger partial charge is 0.386 e. The van der Waals surface area contributed by atoms with E-state index in [1.54, 1.807) is 5.38 Å². The summed E-state index contributed by atoms with van der Waals surface area (Å²) in [6, 6.07) is 2.54. The average molecular weight is 264 g/mol. The van der Waals surface area contributed by atoms with Crippen LogP contribution >= 0.6 is 11.5 Å². The molecule has 1 aliphatic rings. The van der Waals surface area contributed by atoms with Crippen molar-refractivity contribution < 1.29 is 5.11 Å². The topological polar surface area (TPSA) is 63.8 Å². The highest BCUT2D eigenvalue weighted by Crippen LogP contribution is 2.29. The summed E-state index contributed by atoms with van der Waals surface area (Å²) in [4.78, 5) is 0. The first-order valence-electron chi connectivity index (χ1n) is 6.32. The van der Waals surface area contributed by atoms with E-state index in [0.717, 1.165) is 5.69 Å².